The van der Waals surface area contributed by atoms with Crippen LogP contribution in [-0.2, 0) is 7.05 Å². The topological polar surface area (TPSA) is 55.1 Å². The molecule has 0 fully saturated rings. The maximum atomic E-state index is 10.2. The Morgan fingerprint density at radius 2 is 2.19 bits per heavy atom. The molecule has 84 valence electrons. The number of imidazole rings is 1. The fourth-order valence-electron chi connectivity index (χ4n) is 1.10. The second-order valence-electron chi connectivity index (χ2n) is 3.36. The minimum absolute atomic E-state index is 0.0810. The van der Waals surface area contributed by atoms with E-state index in [4.69, 9.17) is 5.11 Å². The molecule has 0 aliphatic heterocycles. The number of benzene rings is 1. The van der Waals surface area contributed by atoms with Gasteiger partial charge >= 0.3 is 0 Å². The van der Waals surface area contributed by atoms with Crippen molar-refractivity contribution < 1.29 is 9.90 Å². The van der Waals surface area contributed by atoms with Crippen molar-refractivity contribution in [2.75, 3.05) is 0 Å². The summed E-state index contributed by atoms with van der Waals surface area (Å²) in [5.74, 6) is 0.0810. The molecular formula is C12H14N2O2. The Bertz CT molecular complexity index is 450. The van der Waals surface area contributed by atoms with Crippen LogP contribution in [0.1, 0.15) is 15.9 Å². The van der Waals surface area contributed by atoms with Crippen molar-refractivity contribution in [3.63, 3.8) is 0 Å². The zero-order valence-electron chi connectivity index (χ0n) is 9.29. The van der Waals surface area contributed by atoms with Gasteiger partial charge in [-0.1, -0.05) is 12.1 Å². The van der Waals surface area contributed by atoms with E-state index in [0.29, 0.717) is 11.8 Å². The third kappa shape index (κ3) is 3.24. The predicted molar refractivity (Wildman–Crippen MR) is 61.4 cm³/mol. The second-order valence-corrected chi connectivity index (χ2v) is 3.36. The van der Waals surface area contributed by atoms with E-state index in [9.17, 15) is 4.79 Å². The molecule has 0 saturated heterocycles. The predicted octanol–water partition coefficient (Wildman–Crippen LogP) is 1.93. The summed E-state index contributed by atoms with van der Waals surface area (Å²) < 4.78 is 1.89. The highest BCUT2D eigenvalue weighted by molar-refractivity contribution is 5.79. The summed E-state index contributed by atoms with van der Waals surface area (Å²) in [6, 6.07) is 5.07. The summed E-state index contributed by atoms with van der Waals surface area (Å²) in [6.07, 6.45) is 6.03. The minimum atomic E-state index is 0.0810. The van der Waals surface area contributed by atoms with Crippen molar-refractivity contribution in [1.29, 1.82) is 0 Å². The Labute approximate surface area is 94.2 Å². The van der Waals surface area contributed by atoms with E-state index in [1.165, 1.54) is 0 Å². The van der Waals surface area contributed by atoms with E-state index < -0.39 is 0 Å². The van der Waals surface area contributed by atoms with Gasteiger partial charge in [0.2, 0.25) is 0 Å². The van der Waals surface area contributed by atoms with Gasteiger partial charge in [0, 0.05) is 19.4 Å². The van der Waals surface area contributed by atoms with Gasteiger partial charge in [-0.3, -0.25) is 4.79 Å². The van der Waals surface area contributed by atoms with Gasteiger partial charge in [0.15, 0.2) is 6.29 Å². The fraction of sp³-hybridized carbons (Fsp3) is 0.167. The number of aromatic nitrogens is 2. The van der Waals surface area contributed by atoms with Crippen LogP contribution in [-0.4, -0.2) is 20.9 Å². The number of carbonyl (C=O) groups excluding carboxylic acids is 1. The number of hydrogen-bond acceptors (Lipinski definition) is 3. The third-order valence-electron chi connectivity index (χ3n) is 2.03. The average molecular weight is 218 g/mol. The molecule has 1 heterocycles. The molecule has 0 saturated carbocycles. The van der Waals surface area contributed by atoms with Crippen LogP contribution in [0, 0.1) is 6.92 Å². The average Bonchev–Trinajstić information content (AvgIpc) is 2.74. The molecule has 1 aromatic carbocycles. The molecule has 1 aromatic heterocycles. The van der Waals surface area contributed by atoms with Crippen molar-refractivity contribution in [2.24, 2.45) is 7.05 Å². The quantitative estimate of drug-likeness (QED) is 0.744. The summed E-state index contributed by atoms with van der Waals surface area (Å²) >= 11 is 0. The first kappa shape index (κ1) is 12.0. The van der Waals surface area contributed by atoms with Gasteiger partial charge in [-0.25, -0.2) is 4.98 Å². The molecule has 2 aromatic rings. The zero-order valence-corrected chi connectivity index (χ0v) is 9.29. The van der Waals surface area contributed by atoms with Gasteiger partial charge in [0.25, 0.3) is 0 Å². The number of carbonyl (C=O) groups is 1. The molecular weight excluding hydrogens is 204 g/mol. The van der Waals surface area contributed by atoms with Crippen LogP contribution in [0.25, 0.3) is 0 Å². The van der Waals surface area contributed by atoms with E-state index in [-0.39, 0.29) is 5.75 Å². The lowest BCUT2D eigenvalue weighted by atomic mass is 10.1. The summed E-state index contributed by atoms with van der Waals surface area (Å²) in [6.45, 7) is 1.75. The van der Waals surface area contributed by atoms with Gasteiger partial charge < -0.3 is 9.67 Å². The van der Waals surface area contributed by atoms with Crippen molar-refractivity contribution in [3.05, 3.63) is 48.0 Å². The van der Waals surface area contributed by atoms with E-state index in [1.54, 1.807) is 37.6 Å². The van der Waals surface area contributed by atoms with Crippen LogP contribution in [0.4, 0.5) is 0 Å². The van der Waals surface area contributed by atoms with Crippen LogP contribution in [0.2, 0.25) is 0 Å². The number of aldehydes is 1. The summed E-state index contributed by atoms with van der Waals surface area (Å²) in [5, 5.41) is 9.17. The van der Waals surface area contributed by atoms with Crippen molar-refractivity contribution in [2.45, 2.75) is 6.92 Å². The number of nitrogens with zero attached hydrogens (tertiary/aromatic N) is 2. The first-order valence-electron chi connectivity index (χ1n) is 4.81. The standard InChI is InChI=1S/C8H8O2.C4H6N2/c1-6-3-2-4-7(5-9)8(6)10;1-6-3-2-5-4-6/h2-5,10H,1H3;2-4H,1H3. The minimum Gasteiger partial charge on any atom is -0.507 e. The molecule has 0 aliphatic rings. The van der Waals surface area contributed by atoms with Crippen LogP contribution in [0.5, 0.6) is 5.75 Å². The monoisotopic (exact) mass is 218 g/mol. The fourth-order valence-corrected chi connectivity index (χ4v) is 1.10. The van der Waals surface area contributed by atoms with E-state index in [1.807, 2.05) is 17.8 Å². The van der Waals surface area contributed by atoms with Crippen LogP contribution < -0.4 is 0 Å². The molecule has 0 amide bonds. The normalized spacial score (nSPS) is 9.12. The molecule has 4 nitrogen and oxygen atoms in total. The number of aryl methyl sites for hydroxylation is 2. The maximum Gasteiger partial charge on any atom is 0.153 e. The lowest BCUT2D eigenvalue weighted by Gasteiger charge is -1.98. The Hall–Kier alpha value is -2.10. The van der Waals surface area contributed by atoms with Crippen molar-refractivity contribution in [1.82, 2.24) is 9.55 Å². The van der Waals surface area contributed by atoms with Crippen LogP contribution in [0.15, 0.2) is 36.9 Å². The summed E-state index contributed by atoms with van der Waals surface area (Å²) in [5.41, 5.74) is 1.07. The number of phenols is 1. The smallest absolute Gasteiger partial charge is 0.153 e. The first-order valence-corrected chi connectivity index (χ1v) is 4.81. The van der Waals surface area contributed by atoms with Gasteiger partial charge in [0.05, 0.1) is 11.9 Å². The van der Waals surface area contributed by atoms with Gasteiger partial charge in [-0.05, 0) is 18.6 Å². The van der Waals surface area contributed by atoms with Crippen LogP contribution >= 0.6 is 0 Å². The molecule has 4 heteroatoms. The molecule has 0 atom stereocenters. The van der Waals surface area contributed by atoms with E-state index in [2.05, 4.69) is 4.98 Å². The summed E-state index contributed by atoms with van der Waals surface area (Å²) in [4.78, 5) is 14.0. The lowest BCUT2D eigenvalue weighted by Crippen LogP contribution is -1.82. The maximum absolute atomic E-state index is 10.2. The zero-order chi connectivity index (χ0) is 12.0. The SMILES string of the molecule is Cc1cccc(C=O)c1O.Cn1ccnc1. The Kier molecular flexibility index (Phi) is 4.27. The van der Waals surface area contributed by atoms with Gasteiger partial charge in [-0.2, -0.15) is 0 Å². The highest BCUT2D eigenvalue weighted by atomic mass is 16.3. The largest absolute Gasteiger partial charge is 0.507 e. The molecule has 16 heavy (non-hydrogen) atoms. The third-order valence-corrected chi connectivity index (χ3v) is 2.03. The molecule has 0 radical (unpaired) electrons. The number of hydrogen-bond donors (Lipinski definition) is 1. The summed E-state index contributed by atoms with van der Waals surface area (Å²) in [7, 11) is 1.94. The molecule has 0 spiro atoms. The molecule has 0 bridgehead atoms. The Morgan fingerprint density at radius 1 is 1.44 bits per heavy atom. The lowest BCUT2D eigenvalue weighted by molar-refractivity contribution is 0.112. The molecule has 2 rings (SSSR count). The van der Waals surface area contributed by atoms with Gasteiger partial charge in [-0.15, -0.1) is 0 Å². The number of phenolic OH excluding ortho intramolecular Hbond substituents is 1. The van der Waals surface area contributed by atoms with Crippen molar-refractivity contribution in [3.8, 4) is 5.75 Å². The highest BCUT2D eigenvalue weighted by Crippen LogP contribution is 2.18. The first-order chi connectivity index (χ1) is 7.65. The van der Waals surface area contributed by atoms with E-state index in [0.717, 1.165) is 5.56 Å². The molecule has 0 unspecified atom stereocenters. The molecule has 1 N–H and O–H groups in total. The molecule has 0 aliphatic carbocycles. The van der Waals surface area contributed by atoms with Gasteiger partial charge in [0.1, 0.15) is 5.75 Å². The van der Waals surface area contributed by atoms with E-state index >= 15 is 0 Å². The highest BCUT2D eigenvalue weighted by Gasteiger charge is 1.99. The van der Waals surface area contributed by atoms with Crippen molar-refractivity contribution >= 4 is 6.29 Å². The number of para-hydroxylation sites is 1. The van der Waals surface area contributed by atoms with Crippen LogP contribution in [0.3, 0.4) is 0 Å². The number of rotatable bonds is 1. The second kappa shape index (κ2) is 5.70. The number of aromatic hydroxyl groups is 1. The Balaban J connectivity index is 0.000000181. The Morgan fingerprint density at radius 3 is 2.56 bits per heavy atom.